The van der Waals surface area contributed by atoms with E-state index in [-0.39, 0.29) is 5.91 Å². The zero-order valence-corrected chi connectivity index (χ0v) is 15.0. The first-order chi connectivity index (χ1) is 11.6. The predicted molar refractivity (Wildman–Crippen MR) is 101 cm³/mol. The number of benzene rings is 1. The molecule has 128 valence electrons. The van der Waals surface area contributed by atoms with Crippen molar-refractivity contribution < 1.29 is 4.79 Å². The monoisotopic (exact) mass is 345 g/mol. The Balaban J connectivity index is 1.95. The van der Waals surface area contributed by atoms with Crippen molar-refractivity contribution in [3.63, 3.8) is 0 Å². The number of halogens is 1. The minimum absolute atomic E-state index is 0.0640. The van der Waals surface area contributed by atoms with Gasteiger partial charge in [-0.15, -0.1) is 0 Å². The molecule has 1 amide bonds. The fourth-order valence-corrected chi connectivity index (χ4v) is 2.65. The Morgan fingerprint density at radius 2 is 1.75 bits per heavy atom. The van der Waals surface area contributed by atoms with Crippen molar-refractivity contribution >= 4 is 29.0 Å². The molecule has 5 heteroatoms. The number of anilines is 2. The van der Waals surface area contributed by atoms with Gasteiger partial charge in [-0.25, -0.2) is 4.98 Å². The molecule has 0 fully saturated rings. The van der Waals surface area contributed by atoms with Gasteiger partial charge in [-0.05, 0) is 42.7 Å². The van der Waals surface area contributed by atoms with Gasteiger partial charge in [0.1, 0.15) is 5.82 Å². The van der Waals surface area contributed by atoms with E-state index in [2.05, 4.69) is 29.0 Å². The van der Waals surface area contributed by atoms with Crippen molar-refractivity contribution in [2.24, 2.45) is 0 Å². The highest BCUT2D eigenvalue weighted by Crippen LogP contribution is 2.16. The lowest BCUT2D eigenvalue weighted by molar-refractivity contribution is -0.115. The van der Waals surface area contributed by atoms with Gasteiger partial charge in [-0.3, -0.25) is 4.79 Å². The lowest BCUT2D eigenvalue weighted by Gasteiger charge is -2.22. The molecule has 2 aromatic rings. The van der Waals surface area contributed by atoms with Crippen LogP contribution in [-0.4, -0.2) is 24.0 Å². The Kier molecular flexibility index (Phi) is 7.07. The summed E-state index contributed by atoms with van der Waals surface area (Å²) in [6.07, 6.45) is 4.20. The zero-order chi connectivity index (χ0) is 17.4. The van der Waals surface area contributed by atoms with E-state index in [1.807, 2.05) is 24.3 Å². The molecule has 0 atom stereocenters. The number of rotatable bonds is 8. The molecule has 0 saturated carbocycles. The third-order valence-corrected chi connectivity index (χ3v) is 3.87. The van der Waals surface area contributed by atoms with Crippen LogP contribution in [-0.2, 0) is 11.2 Å². The van der Waals surface area contributed by atoms with Crippen molar-refractivity contribution in [3.8, 4) is 0 Å². The van der Waals surface area contributed by atoms with Crippen molar-refractivity contribution in [3.05, 3.63) is 53.2 Å². The van der Waals surface area contributed by atoms with E-state index in [1.54, 1.807) is 18.3 Å². The molecule has 0 bridgehead atoms. The average Bonchev–Trinajstić information content (AvgIpc) is 2.57. The highest BCUT2D eigenvalue weighted by Gasteiger charge is 2.08. The Morgan fingerprint density at radius 1 is 1.08 bits per heavy atom. The van der Waals surface area contributed by atoms with E-state index in [0.29, 0.717) is 17.1 Å². The number of aromatic nitrogens is 1. The van der Waals surface area contributed by atoms with Crippen LogP contribution in [0.1, 0.15) is 32.3 Å². The Morgan fingerprint density at radius 3 is 2.29 bits per heavy atom. The predicted octanol–water partition coefficient (Wildman–Crippen LogP) is 4.54. The topological polar surface area (TPSA) is 45.2 Å². The summed E-state index contributed by atoms with van der Waals surface area (Å²) in [5, 5.41) is 3.55. The highest BCUT2D eigenvalue weighted by molar-refractivity contribution is 6.30. The van der Waals surface area contributed by atoms with Crippen molar-refractivity contribution in [1.82, 2.24) is 4.98 Å². The van der Waals surface area contributed by atoms with Gasteiger partial charge >= 0.3 is 0 Å². The van der Waals surface area contributed by atoms with Crippen LogP contribution in [0.2, 0.25) is 5.02 Å². The van der Waals surface area contributed by atoms with Gasteiger partial charge in [0.2, 0.25) is 5.91 Å². The summed E-state index contributed by atoms with van der Waals surface area (Å²) >= 11 is 5.85. The number of nitrogens with one attached hydrogen (secondary N) is 1. The lowest BCUT2D eigenvalue weighted by atomic mass is 10.1. The van der Waals surface area contributed by atoms with Gasteiger partial charge in [-0.2, -0.15) is 0 Å². The number of nitrogens with zero attached hydrogens (tertiary/aromatic N) is 2. The van der Waals surface area contributed by atoms with E-state index in [4.69, 9.17) is 11.6 Å². The number of carbonyl (C=O) groups is 1. The zero-order valence-electron chi connectivity index (χ0n) is 14.3. The maximum Gasteiger partial charge on any atom is 0.228 e. The maximum atomic E-state index is 12.1. The third kappa shape index (κ3) is 5.53. The van der Waals surface area contributed by atoms with E-state index >= 15 is 0 Å². The molecule has 0 saturated heterocycles. The van der Waals surface area contributed by atoms with E-state index in [1.165, 1.54) is 0 Å². The fraction of sp³-hybridized carbons (Fsp3) is 0.368. The first-order valence-electron chi connectivity index (χ1n) is 8.37. The SMILES string of the molecule is CCCN(CCC)c1ccc(NC(=O)Cc2ccc(Cl)cc2)cn1. The third-order valence-electron chi connectivity index (χ3n) is 3.62. The second-order valence-corrected chi connectivity index (χ2v) is 6.18. The minimum Gasteiger partial charge on any atom is -0.357 e. The Bertz CT molecular complexity index is 635. The molecule has 1 heterocycles. The van der Waals surface area contributed by atoms with Crippen LogP contribution in [0.5, 0.6) is 0 Å². The van der Waals surface area contributed by atoms with Crippen molar-refractivity contribution in [1.29, 1.82) is 0 Å². The van der Waals surface area contributed by atoms with Crippen LogP contribution < -0.4 is 10.2 Å². The molecule has 4 nitrogen and oxygen atoms in total. The quantitative estimate of drug-likeness (QED) is 0.763. The first kappa shape index (κ1) is 18.3. The van der Waals surface area contributed by atoms with Crippen LogP contribution in [0.15, 0.2) is 42.6 Å². The molecule has 1 aromatic carbocycles. The summed E-state index contributed by atoms with van der Waals surface area (Å²) in [5.41, 5.74) is 1.64. The Labute approximate surface area is 148 Å². The highest BCUT2D eigenvalue weighted by atomic mass is 35.5. The number of hydrogen-bond donors (Lipinski definition) is 1. The van der Waals surface area contributed by atoms with E-state index in [9.17, 15) is 4.79 Å². The lowest BCUT2D eigenvalue weighted by Crippen LogP contribution is -2.25. The second kappa shape index (κ2) is 9.28. The van der Waals surface area contributed by atoms with Crippen LogP contribution in [0.3, 0.4) is 0 Å². The normalized spacial score (nSPS) is 10.5. The number of carbonyl (C=O) groups excluding carboxylic acids is 1. The molecule has 0 unspecified atom stereocenters. The van der Waals surface area contributed by atoms with Gasteiger partial charge in [0.25, 0.3) is 0 Å². The van der Waals surface area contributed by atoms with E-state index in [0.717, 1.165) is 37.3 Å². The molecular weight excluding hydrogens is 322 g/mol. The molecule has 2 rings (SSSR count). The summed E-state index contributed by atoms with van der Waals surface area (Å²) < 4.78 is 0. The summed E-state index contributed by atoms with van der Waals surface area (Å²) in [7, 11) is 0. The molecule has 0 aliphatic rings. The molecule has 1 aromatic heterocycles. The largest absolute Gasteiger partial charge is 0.357 e. The number of pyridine rings is 1. The minimum atomic E-state index is -0.0640. The summed E-state index contributed by atoms with van der Waals surface area (Å²) in [5.74, 6) is 0.889. The van der Waals surface area contributed by atoms with Gasteiger partial charge in [-0.1, -0.05) is 37.6 Å². The fourth-order valence-electron chi connectivity index (χ4n) is 2.52. The summed E-state index contributed by atoms with van der Waals surface area (Å²) in [6, 6.07) is 11.2. The molecule has 24 heavy (non-hydrogen) atoms. The average molecular weight is 346 g/mol. The van der Waals surface area contributed by atoms with Crippen LogP contribution >= 0.6 is 11.6 Å². The van der Waals surface area contributed by atoms with Gasteiger partial charge in [0, 0.05) is 18.1 Å². The van der Waals surface area contributed by atoms with Crippen LogP contribution in [0, 0.1) is 0 Å². The number of hydrogen-bond acceptors (Lipinski definition) is 3. The second-order valence-electron chi connectivity index (χ2n) is 5.74. The van der Waals surface area contributed by atoms with Gasteiger partial charge in [0.05, 0.1) is 18.3 Å². The standard InChI is InChI=1S/C19H24ClN3O/c1-3-11-23(12-4-2)18-10-9-17(14-21-18)22-19(24)13-15-5-7-16(20)8-6-15/h5-10,14H,3-4,11-13H2,1-2H3,(H,22,24). The van der Waals surface area contributed by atoms with Crippen molar-refractivity contribution in [2.75, 3.05) is 23.3 Å². The molecule has 0 spiro atoms. The summed E-state index contributed by atoms with van der Waals surface area (Å²) in [6.45, 7) is 6.30. The van der Waals surface area contributed by atoms with Gasteiger partial charge < -0.3 is 10.2 Å². The smallest absolute Gasteiger partial charge is 0.228 e. The Hall–Kier alpha value is -2.07. The molecule has 0 aliphatic heterocycles. The summed E-state index contributed by atoms with van der Waals surface area (Å²) in [4.78, 5) is 18.9. The molecule has 1 N–H and O–H groups in total. The first-order valence-corrected chi connectivity index (χ1v) is 8.75. The van der Waals surface area contributed by atoms with Gasteiger partial charge in [0.15, 0.2) is 0 Å². The number of amides is 1. The van der Waals surface area contributed by atoms with E-state index < -0.39 is 0 Å². The molecular formula is C19H24ClN3O. The maximum absolute atomic E-state index is 12.1. The molecule has 0 radical (unpaired) electrons. The molecule has 0 aliphatic carbocycles. The van der Waals surface area contributed by atoms with Crippen LogP contribution in [0.25, 0.3) is 0 Å². The van der Waals surface area contributed by atoms with Crippen LogP contribution in [0.4, 0.5) is 11.5 Å². The van der Waals surface area contributed by atoms with Crippen molar-refractivity contribution in [2.45, 2.75) is 33.1 Å².